The van der Waals surface area contributed by atoms with Gasteiger partial charge in [-0.15, -0.1) is 0 Å². The van der Waals surface area contributed by atoms with Gasteiger partial charge in [0.15, 0.2) is 0 Å². The van der Waals surface area contributed by atoms with E-state index in [0.29, 0.717) is 0 Å². The zero-order valence-electron chi connectivity index (χ0n) is 3.33. The van der Waals surface area contributed by atoms with Crippen LogP contribution in [-0.2, 0) is 0 Å². The Labute approximate surface area is 35.9 Å². The van der Waals surface area contributed by atoms with Crippen molar-refractivity contribution in [1.82, 2.24) is 0 Å². The molecule has 0 saturated carbocycles. The van der Waals surface area contributed by atoms with Crippen molar-refractivity contribution < 1.29 is 15.3 Å². The van der Waals surface area contributed by atoms with Gasteiger partial charge in [-0.2, -0.15) is 0 Å². The fraction of sp³-hybridized carbons (Fsp3) is 1.00. The summed E-state index contributed by atoms with van der Waals surface area (Å²) in [6.45, 7) is -0.729. The predicted octanol–water partition coefficient (Wildman–Crippen LogP) is -1.67. The van der Waals surface area contributed by atoms with Crippen LogP contribution in [0.2, 0.25) is 0 Å². The van der Waals surface area contributed by atoms with Crippen molar-refractivity contribution in [1.29, 1.82) is 0 Å². The Morgan fingerprint density at radius 2 is 1.50 bits per heavy atom. The lowest BCUT2D eigenvalue weighted by Gasteiger charge is -1.96. The summed E-state index contributed by atoms with van der Waals surface area (Å²) < 4.78 is 0. The molecule has 1 atom stereocenters. The molecule has 3 N–H and O–H groups in total. The lowest BCUT2D eigenvalue weighted by molar-refractivity contribution is 0.0450. The van der Waals surface area contributed by atoms with Gasteiger partial charge in [-0.1, -0.05) is 0 Å². The third-order valence-corrected chi connectivity index (χ3v) is 0.421. The summed E-state index contributed by atoms with van der Waals surface area (Å²) >= 11 is 0. The summed E-state index contributed by atoms with van der Waals surface area (Å²) in [5, 5.41) is 24.0. The molecule has 0 spiro atoms. The van der Waals surface area contributed by atoms with Gasteiger partial charge in [0.1, 0.15) is 6.10 Å². The predicted molar refractivity (Wildman–Crippen MR) is 20.2 cm³/mol. The quantitative estimate of drug-likeness (QED) is 0.358. The Hall–Kier alpha value is -0.120. The second-order valence-corrected chi connectivity index (χ2v) is 1.02. The summed E-state index contributed by atoms with van der Waals surface area (Å²) in [6.07, 6.45) is -0.954. The molecule has 0 radical (unpaired) electrons. The van der Waals surface area contributed by atoms with Crippen LogP contribution in [0, 0.1) is 0 Å². The minimum atomic E-state index is -0.954. The van der Waals surface area contributed by atoms with E-state index in [0.717, 1.165) is 0 Å². The van der Waals surface area contributed by atoms with Crippen LogP contribution >= 0.6 is 0 Å². The van der Waals surface area contributed by atoms with E-state index in [9.17, 15) is 0 Å². The second-order valence-electron chi connectivity index (χ2n) is 1.02. The zero-order valence-corrected chi connectivity index (χ0v) is 3.33. The van der Waals surface area contributed by atoms with Crippen molar-refractivity contribution in [3.05, 3.63) is 0 Å². The number of aliphatic hydroxyl groups is 3. The highest BCUT2D eigenvalue weighted by molar-refractivity contribution is 4.43. The van der Waals surface area contributed by atoms with Gasteiger partial charge in [0.05, 0.1) is 13.2 Å². The standard InChI is InChI=1S/C3H8O3/c4-1-3(6)2-5/h3-6H,1-2H2/i1+1,3+1/t3-/m0/s1. The molecule has 0 fully saturated rings. The van der Waals surface area contributed by atoms with Gasteiger partial charge < -0.3 is 15.3 Å². The van der Waals surface area contributed by atoms with Gasteiger partial charge in [0, 0.05) is 0 Å². The van der Waals surface area contributed by atoms with E-state index < -0.39 is 6.10 Å². The highest BCUT2D eigenvalue weighted by Gasteiger charge is 1.93. The molecular weight excluding hydrogens is 86.0 g/mol. The molecule has 0 bridgehead atoms. The van der Waals surface area contributed by atoms with Crippen LogP contribution in [0.1, 0.15) is 0 Å². The fourth-order valence-electron chi connectivity index (χ4n) is 0.0577. The van der Waals surface area contributed by atoms with E-state index in [4.69, 9.17) is 15.3 Å². The summed E-state index contributed by atoms with van der Waals surface area (Å²) in [5.41, 5.74) is 0. The van der Waals surface area contributed by atoms with Crippen LogP contribution < -0.4 is 0 Å². The topological polar surface area (TPSA) is 60.7 Å². The highest BCUT2D eigenvalue weighted by atomic mass is 16.5. The highest BCUT2D eigenvalue weighted by Crippen LogP contribution is 1.71. The minimum absolute atomic E-state index is 0.365. The Morgan fingerprint density at radius 1 is 1.17 bits per heavy atom. The Kier molecular flexibility index (Phi) is 3.02. The third kappa shape index (κ3) is 2.14. The van der Waals surface area contributed by atoms with Crippen LogP contribution in [0.25, 0.3) is 0 Å². The maximum Gasteiger partial charge on any atom is 0.100 e. The number of rotatable bonds is 2. The van der Waals surface area contributed by atoms with E-state index >= 15 is 0 Å². The largest absolute Gasteiger partial charge is 0.394 e. The lowest BCUT2D eigenvalue weighted by atomic mass is 11.0. The van der Waals surface area contributed by atoms with Crippen LogP contribution in [0.5, 0.6) is 0 Å². The number of hydrogen-bond acceptors (Lipinski definition) is 3. The van der Waals surface area contributed by atoms with Crippen LogP contribution in [-0.4, -0.2) is 34.6 Å². The average molecular weight is 94.1 g/mol. The molecule has 3 nitrogen and oxygen atoms in total. The smallest absolute Gasteiger partial charge is 0.100 e. The third-order valence-electron chi connectivity index (χ3n) is 0.421. The zero-order chi connectivity index (χ0) is 4.99. The molecule has 0 saturated heterocycles. The SMILES string of the molecule is OC[13C@@H](O)[13CH2]O. The molecule has 0 aromatic heterocycles. The van der Waals surface area contributed by atoms with E-state index in [-0.39, 0.29) is 13.2 Å². The maximum absolute atomic E-state index is 8.17. The average Bonchev–Trinajstić information content (AvgIpc) is 1.65. The molecule has 0 aromatic rings. The first-order chi connectivity index (χ1) is 2.81. The fourth-order valence-corrected chi connectivity index (χ4v) is 0.0577. The molecule has 0 aliphatic rings. The van der Waals surface area contributed by atoms with Gasteiger partial charge in [0.25, 0.3) is 0 Å². The molecule has 3 heteroatoms. The maximum atomic E-state index is 8.17. The van der Waals surface area contributed by atoms with Crippen LogP contribution in [0.4, 0.5) is 0 Å². The molecule has 0 unspecified atom stereocenters. The van der Waals surface area contributed by atoms with Gasteiger partial charge in [-0.05, 0) is 0 Å². The van der Waals surface area contributed by atoms with E-state index in [1.54, 1.807) is 0 Å². The summed E-state index contributed by atoms with van der Waals surface area (Å²) in [6, 6.07) is 0. The number of aliphatic hydroxyl groups excluding tert-OH is 3. The Balaban J connectivity index is 2.75. The molecule has 0 aliphatic heterocycles. The Morgan fingerprint density at radius 3 is 1.50 bits per heavy atom. The van der Waals surface area contributed by atoms with Gasteiger partial charge in [0.2, 0.25) is 0 Å². The summed E-state index contributed by atoms with van der Waals surface area (Å²) in [7, 11) is 0. The molecular formula is C3H8O3. The first-order valence-electron chi connectivity index (χ1n) is 1.71. The molecule has 6 heavy (non-hydrogen) atoms. The molecule has 0 amide bonds. The summed E-state index contributed by atoms with van der Waals surface area (Å²) in [4.78, 5) is 0. The van der Waals surface area contributed by atoms with Crippen molar-refractivity contribution >= 4 is 0 Å². The lowest BCUT2D eigenvalue weighted by Crippen LogP contribution is -2.15. The van der Waals surface area contributed by atoms with Gasteiger partial charge >= 0.3 is 0 Å². The molecule has 0 rings (SSSR count). The van der Waals surface area contributed by atoms with E-state index in [1.807, 2.05) is 0 Å². The Bertz CT molecular complexity index is 25.2. The van der Waals surface area contributed by atoms with Crippen molar-refractivity contribution in [2.75, 3.05) is 13.2 Å². The van der Waals surface area contributed by atoms with Gasteiger partial charge in [-0.25, -0.2) is 0 Å². The normalized spacial score (nSPS) is 14.5. The minimum Gasteiger partial charge on any atom is -0.394 e. The molecule has 0 aromatic carbocycles. The first-order valence-corrected chi connectivity index (χ1v) is 1.71. The molecule has 0 heterocycles. The summed E-state index contributed by atoms with van der Waals surface area (Å²) in [5.74, 6) is 0. The van der Waals surface area contributed by atoms with Gasteiger partial charge in [-0.3, -0.25) is 0 Å². The van der Waals surface area contributed by atoms with Crippen molar-refractivity contribution in [3.8, 4) is 0 Å². The second kappa shape index (κ2) is 3.08. The van der Waals surface area contributed by atoms with E-state index in [1.165, 1.54) is 0 Å². The van der Waals surface area contributed by atoms with E-state index in [2.05, 4.69) is 0 Å². The molecule has 38 valence electrons. The molecule has 0 aliphatic carbocycles. The van der Waals surface area contributed by atoms with Crippen LogP contribution in [0.15, 0.2) is 0 Å². The number of hydrogen-bond donors (Lipinski definition) is 3. The monoisotopic (exact) mass is 94.1 g/mol. The van der Waals surface area contributed by atoms with Crippen molar-refractivity contribution in [2.24, 2.45) is 0 Å². The van der Waals surface area contributed by atoms with Crippen molar-refractivity contribution in [3.63, 3.8) is 0 Å². The first kappa shape index (κ1) is 5.88. The van der Waals surface area contributed by atoms with Crippen LogP contribution in [0.3, 0.4) is 0 Å². The van der Waals surface area contributed by atoms with Crippen molar-refractivity contribution in [2.45, 2.75) is 6.10 Å².